The predicted molar refractivity (Wildman–Crippen MR) is 60.6 cm³/mol. The minimum absolute atomic E-state index is 0.324. The van der Waals surface area contributed by atoms with E-state index in [2.05, 4.69) is 0 Å². The van der Waals surface area contributed by atoms with Crippen LogP contribution in [-0.2, 0) is 0 Å². The van der Waals surface area contributed by atoms with Gasteiger partial charge in [0.25, 0.3) is 5.24 Å². The van der Waals surface area contributed by atoms with Crippen molar-refractivity contribution in [3.05, 3.63) is 26.8 Å². The summed E-state index contributed by atoms with van der Waals surface area (Å²) in [5.41, 5.74) is 0.657. The maximum atomic E-state index is 10.9. The summed E-state index contributed by atoms with van der Waals surface area (Å²) in [4.78, 5) is 10.9. The number of nitrogens with zero attached hydrogens (tertiary/aromatic N) is 1. The number of nitriles is 1. The zero-order chi connectivity index (χ0) is 10.7. The van der Waals surface area contributed by atoms with Gasteiger partial charge in [0.05, 0.1) is 7.11 Å². The van der Waals surface area contributed by atoms with Crippen LogP contribution in [0.2, 0.25) is 0 Å². The van der Waals surface area contributed by atoms with Crippen molar-refractivity contribution in [2.75, 3.05) is 7.11 Å². The van der Waals surface area contributed by atoms with E-state index in [1.54, 1.807) is 6.07 Å². The Morgan fingerprint density at radius 2 is 2.29 bits per heavy atom. The second-order valence-corrected chi connectivity index (χ2v) is 3.81. The van der Waals surface area contributed by atoms with Crippen molar-refractivity contribution in [3.8, 4) is 11.8 Å². The van der Waals surface area contributed by atoms with E-state index < -0.39 is 5.24 Å². The van der Waals surface area contributed by atoms with E-state index in [0.717, 1.165) is 0 Å². The average molecular weight is 322 g/mol. The number of methoxy groups -OCH3 is 1. The SMILES string of the molecule is COc1ccc(C(=O)Cl)c(I)c1C#N. The van der Waals surface area contributed by atoms with Gasteiger partial charge in [-0.25, -0.2) is 0 Å². The van der Waals surface area contributed by atoms with E-state index in [4.69, 9.17) is 21.6 Å². The first-order valence-electron chi connectivity index (χ1n) is 3.58. The molecule has 0 N–H and O–H groups in total. The number of rotatable bonds is 2. The highest BCUT2D eigenvalue weighted by atomic mass is 127. The van der Waals surface area contributed by atoms with Gasteiger partial charge in [-0.3, -0.25) is 4.79 Å². The van der Waals surface area contributed by atoms with E-state index in [1.165, 1.54) is 13.2 Å². The molecule has 0 aliphatic carbocycles. The molecular weight excluding hydrogens is 316 g/mol. The molecule has 0 aromatic heterocycles. The number of halogens is 2. The van der Waals surface area contributed by atoms with Crippen LogP contribution >= 0.6 is 34.2 Å². The Morgan fingerprint density at radius 1 is 1.64 bits per heavy atom. The Bertz CT molecular complexity index is 426. The molecule has 0 saturated heterocycles. The molecule has 1 aromatic carbocycles. The Labute approximate surface area is 99.8 Å². The molecule has 72 valence electrons. The minimum atomic E-state index is -0.575. The fourth-order valence-corrected chi connectivity index (χ4v) is 2.11. The normalized spacial score (nSPS) is 9.29. The lowest BCUT2D eigenvalue weighted by Crippen LogP contribution is -1.99. The first-order valence-corrected chi connectivity index (χ1v) is 5.04. The molecule has 0 spiro atoms. The summed E-state index contributed by atoms with van der Waals surface area (Å²) >= 11 is 7.24. The molecule has 14 heavy (non-hydrogen) atoms. The monoisotopic (exact) mass is 321 g/mol. The molecule has 0 radical (unpaired) electrons. The Hall–Kier alpha value is -0.800. The van der Waals surface area contributed by atoms with Gasteiger partial charge >= 0.3 is 0 Å². The fraction of sp³-hybridized carbons (Fsp3) is 0.111. The van der Waals surface area contributed by atoms with Crippen molar-refractivity contribution in [2.24, 2.45) is 0 Å². The second-order valence-electron chi connectivity index (χ2n) is 2.39. The van der Waals surface area contributed by atoms with Crippen LogP contribution in [0.3, 0.4) is 0 Å². The summed E-state index contributed by atoms with van der Waals surface area (Å²) in [6, 6.07) is 5.06. The second kappa shape index (κ2) is 4.62. The van der Waals surface area contributed by atoms with Gasteiger partial charge in [-0.15, -0.1) is 0 Å². The molecule has 0 saturated carbocycles. The largest absolute Gasteiger partial charge is 0.495 e. The smallest absolute Gasteiger partial charge is 0.253 e. The highest BCUT2D eigenvalue weighted by molar-refractivity contribution is 14.1. The van der Waals surface area contributed by atoms with Gasteiger partial charge in [0.15, 0.2) is 0 Å². The van der Waals surface area contributed by atoms with Crippen LogP contribution in [0.15, 0.2) is 12.1 Å². The number of hydrogen-bond donors (Lipinski definition) is 0. The third-order valence-electron chi connectivity index (χ3n) is 1.65. The third kappa shape index (κ3) is 1.99. The zero-order valence-corrected chi connectivity index (χ0v) is 10.1. The van der Waals surface area contributed by atoms with Gasteiger partial charge < -0.3 is 4.74 Å². The lowest BCUT2D eigenvalue weighted by atomic mass is 10.1. The Kier molecular flexibility index (Phi) is 3.72. The summed E-state index contributed by atoms with van der Waals surface area (Å²) in [6.07, 6.45) is 0. The molecule has 0 atom stereocenters. The lowest BCUT2D eigenvalue weighted by molar-refractivity contribution is 0.108. The van der Waals surface area contributed by atoms with Crippen molar-refractivity contribution in [1.29, 1.82) is 5.26 Å². The lowest BCUT2D eigenvalue weighted by Gasteiger charge is -2.06. The Balaban J connectivity index is 3.44. The van der Waals surface area contributed by atoms with Crippen LogP contribution in [0.25, 0.3) is 0 Å². The molecule has 0 aliphatic rings. The third-order valence-corrected chi connectivity index (χ3v) is 2.97. The van der Waals surface area contributed by atoms with Crippen LogP contribution < -0.4 is 4.74 Å². The number of ether oxygens (including phenoxy) is 1. The van der Waals surface area contributed by atoms with Gasteiger partial charge in [-0.05, 0) is 46.3 Å². The quantitative estimate of drug-likeness (QED) is 0.621. The summed E-state index contributed by atoms with van der Waals surface area (Å²) < 4.78 is 5.49. The first-order chi connectivity index (χ1) is 6.61. The standard InChI is InChI=1S/C9H5ClINO2/c1-14-7-3-2-5(9(10)13)8(11)6(7)4-12/h2-3H,1H3. The number of carbonyl (C=O) groups is 1. The molecule has 5 heteroatoms. The van der Waals surface area contributed by atoms with Gasteiger partial charge in [0.1, 0.15) is 17.4 Å². The molecule has 3 nitrogen and oxygen atoms in total. The van der Waals surface area contributed by atoms with E-state index in [0.29, 0.717) is 20.4 Å². The van der Waals surface area contributed by atoms with Gasteiger partial charge in [0, 0.05) is 9.13 Å². The molecule has 0 aliphatic heterocycles. The molecule has 1 rings (SSSR count). The molecular formula is C9H5ClINO2. The molecule has 0 bridgehead atoms. The predicted octanol–water partition coefficient (Wildman–Crippen LogP) is 2.55. The number of hydrogen-bond acceptors (Lipinski definition) is 3. The van der Waals surface area contributed by atoms with Crippen LogP contribution in [0.1, 0.15) is 15.9 Å². The van der Waals surface area contributed by atoms with Gasteiger partial charge in [-0.1, -0.05) is 0 Å². The van der Waals surface area contributed by atoms with Crippen LogP contribution in [-0.4, -0.2) is 12.4 Å². The van der Waals surface area contributed by atoms with Crippen molar-refractivity contribution in [2.45, 2.75) is 0 Å². The van der Waals surface area contributed by atoms with Crippen LogP contribution in [0.4, 0.5) is 0 Å². The van der Waals surface area contributed by atoms with Gasteiger partial charge in [0.2, 0.25) is 0 Å². The van der Waals surface area contributed by atoms with Crippen LogP contribution in [0, 0.1) is 14.9 Å². The van der Waals surface area contributed by atoms with E-state index in [9.17, 15) is 4.79 Å². The molecule has 0 unspecified atom stereocenters. The summed E-state index contributed by atoms with van der Waals surface area (Å²) in [6.45, 7) is 0. The van der Waals surface area contributed by atoms with Crippen molar-refractivity contribution < 1.29 is 9.53 Å². The number of benzene rings is 1. The van der Waals surface area contributed by atoms with E-state index in [-0.39, 0.29) is 0 Å². The highest BCUT2D eigenvalue weighted by Crippen LogP contribution is 2.27. The van der Waals surface area contributed by atoms with E-state index >= 15 is 0 Å². The topological polar surface area (TPSA) is 50.1 Å². The summed E-state index contributed by atoms with van der Waals surface area (Å²) in [5.74, 6) is 0.443. The van der Waals surface area contributed by atoms with Crippen LogP contribution in [0.5, 0.6) is 5.75 Å². The number of carbonyl (C=O) groups excluding carboxylic acids is 1. The summed E-state index contributed by atoms with van der Waals surface area (Å²) in [5, 5.41) is 8.27. The van der Waals surface area contributed by atoms with Gasteiger partial charge in [-0.2, -0.15) is 5.26 Å². The molecule has 1 aromatic rings. The van der Waals surface area contributed by atoms with Crippen molar-refractivity contribution in [1.82, 2.24) is 0 Å². The molecule has 0 heterocycles. The highest BCUT2D eigenvalue weighted by Gasteiger charge is 2.14. The van der Waals surface area contributed by atoms with Crippen molar-refractivity contribution in [3.63, 3.8) is 0 Å². The van der Waals surface area contributed by atoms with Crippen molar-refractivity contribution >= 4 is 39.4 Å². The minimum Gasteiger partial charge on any atom is -0.495 e. The van der Waals surface area contributed by atoms with E-state index in [1.807, 2.05) is 28.7 Å². The molecule has 0 fully saturated rings. The molecule has 0 amide bonds. The Morgan fingerprint density at radius 3 is 2.71 bits per heavy atom. The first kappa shape index (κ1) is 11.3. The maximum Gasteiger partial charge on any atom is 0.253 e. The maximum absolute atomic E-state index is 10.9. The summed E-state index contributed by atoms with van der Waals surface area (Å²) in [7, 11) is 1.47. The fourth-order valence-electron chi connectivity index (χ4n) is 0.984. The zero-order valence-electron chi connectivity index (χ0n) is 7.17. The average Bonchev–Trinajstić information content (AvgIpc) is 2.16.